The van der Waals surface area contributed by atoms with Gasteiger partial charge in [-0.2, -0.15) is 0 Å². The molecule has 1 aromatic heterocycles. The van der Waals surface area contributed by atoms with Crippen molar-refractivity contribution in [1.29, 1.82) is 0 Å². The van der Waals surface area contributed by atoms with Crippen LogP contribution in [-0.4, -0.2) is 67.1 Å². The van der Waals surface area contributed by atoms with Gasteiger partial charge in [-0.05, 0) is 38.1 Å². The Balaban J connectivity index is 1.40. The van der Waals surface area contributed by atoms with E-state index < -0.39 is 0 Å². The van der Waals surface area contributed by atoms with Crippen LogP contribution in [0.25, 0.3) is 0 Å². The summed E-state index contributed by atoms with van der Waals surface area (Å²) in [6, 6.07) is 6.17. The van der Waals surface area contributed by atoms with Gasteiger partial charge in [0.2, 0.25) is 0 Å². The van der Waals surface area contributed by atoms with Gasteiger partial charge in [-0.1, -0.05) is 12.5 Å². The van der Waals surface area contributed by atoms with Crippen LogP contribution in [0.1, 0.15) is 19.3 Å². The van der Waals surface area contributed by atoms with Crippen molar-refractivity contribution in [3.8, 4) is 0 Å². The van der Waals surface area contributed by atoms with Crippen molar-refractivity contribution in [2.24, 2.45) is 0 Å². The highest BCUT2D eigenvalue weighted by Gasteiger charge is 2.18. The van der Waals surface area contributed by atoms with E-state index in [0.29, 0.717) is 0 Å². The van der Waals surface area contributed by atoms with Crippen molar-refractivity contribution < 1.29 is 0 Å². The lowest BCUT2D eigenvalue weighted by atomic mass is 10.1. The highest BCUT2D eigenvalue weighted by Crippen LogP contribution is 2.13. The van der Waals surface area contributed by atoms with Crippen LogP contribution in [0.15, 0.2) is 24.4 Å². The first-order valence-corrected chi connectivity index (χ1v) is 8.02. The monoisotopic (exact) mass is 274 g/mol. The number of piperazine rings is 1. The molecule has 0 spiro atoms. The second-order valence-corrected chi connectivity index (χ2v) is 5.92. The van der Waals surface area contributed by atoms with Crippen molar-refractivity contribution in [2.45, 2.75) is 19.3 Å². The molecule has 0 aliphatic carbocycles. The molecule has 4 heteroatoms. The van der Waals surface area contributed by atoms with E-state index in [1.165, 1.54) is 58.5 Å². The normalized spacial score (nSPS) is 22.1. The van der Waals surface area contributed by atoms with Gasteiger partial charge in [0, 0.05) is 45.5 Å². The van der Waals surface area contributed by atoms with Gasteiger partial charge in [-0.15, -0.1) is 0 Å². The molecule has 0 radical (unpaired) electrons. The molecule has 20 heavy (non-hydrogen) atoms. The maximum atomic E-state index is 4.45. The average Bonchev–Trinajstić information content (AvgIpc) is 2.55. The number of nitrogens with zero attached hydrogens (tertiary/aromatic N) is 4. The van der Waals surface area contributed by atoms with E-state index in [2.05, 4.69) is 31.8 Å². The van der Waals surface area contributed by atoms with Gasteiger partial charge in [-0.3, -0.25) is 4.90 Å². The van der Waals surface area contributed by atoms with Gasteiger partial charge >= 0.3 is 0 Å². The quantitative estimate of drug-likeness (QED) is 0.833. The number of hydrogen-bond acceptors (Lipinski definition) is 4. The maximum Gasteiger partial charge on any atom is 0.128 e. The second-order valence-electron chi connectivity index (χ2n) is 5.92. The number of anilines is 1. The first kappa shape index (κ1) is 13.8. The van der Waals surface area contributed by atoms with Gasteiger partial charge in [-0.25, -0.2) is 4.98 Å². The van der Waals surface area contributed by atoms with Gasteiger partial charge in [0.15, 0.2) is 0 Å². The SMILES string of the molecule is c1ccc(N2CCN(CCN3CCCCC3)CC2)nc1. The average molecular weight is 274 g/mol. The summed E-state index contributed by atoms with van der Waals surface area (Å²) in [7, 11) is 0. The number of pyridine rings is 1. The van der Waals surface area contributed by atoms with Crippen molar-refractivity contribution in [2.75, 3.05) is 57.3 Å². The van der Waals surface area contributed by atoms with E-state index in [9.17, 15) is 0 Å². The third-order valence-corrected chi connectivity index (χ3v) is 4.53. The standard InChI is InChI=1S/C16H26N4/c1-4-8-18(9-5-1)10-11-19-12-14-20(15-13-19)16-6-2-3-7-17-16/h2-3,6-7H,1,4-5,8-15H2. The molecule has 1 aromatic rings. The lowest BCUT2D eigenvalue weighted by molar-refractivity contribution is 0.176. The molecular formula is C16H26N4. The third-order valence-electron chi connectivity index (χ3n) is 4.53. The highest BCUT2D eigenvalue weighted by atomic mass is 15.3. The second kappa shape index (κ2) is 7.04. The molecule has 0 unspecified atom stereocenters. The van der Waals surface area contributed by atoms with Crippen molar-refractivity contribution in [3.05, 3.63) is 24.4 Å². The number of hydrogen-bond donors (Lipinski definition) is 0. The molecular weight excluding hydrogens is 248 g/mol. The molecule has 2 aliphatic heterocycles. The van der Waals surface area contributed by atoms with Crippen LogP contribution in [0.5, 0.6) is 0 Å². The van der Waals surface area contributed by atoms with E-state index in [4.69, 9.17) is 0 Å². The number of likely N-dealkylation sites (tertiary alicyclic amines) is 1. The molecule has 110 valence electrons. The molecule has 0 atom stereocenters. The minimum absolute atomic E-state index is 1.11. The lowest BCUT2D eigenvalue weighted by Gasteiger charge is -2.36. The summed E-state index contributed by atoms with van der Waals surface area (Å²) in [5, 5.41) is 0. The summed E-state index contributed by atoms with van der Waals surface area (Å²) in [5.41, 5.74) is 0. The Morgan fingerprint density at radius 1 is 0.800 bits per heavy atom. The Bertz CT molecular complexity index is 381. The zero-order valence-electron chi connectivity index (χ0n) is 12.4. The molecule has 0 saturated carbocycles. The number of aromatic nitrogens is 1. The molecule has 0 N–H and O–H groups in total. The van der Waals surface area contributed by atoms with E-state index in [1.54, 1.807) is 0 Å². The number of piperidine rings is 1. The molecule has 4 nitrogen and oxygen atoms in total. The van der Waals surface area contributed by atoms with Gasteiger partial charge < -0.3 is 9.80 Å². The highest BCUT2D eigenvalue weighted by molar-refractivity contribution is 5.38. The topological polar surface area (TPSA) is 22.6 Å². The molecule has 2 aliphatic rings. The Morgan fingerprint density at radius 2 is 1.50 bits per heavy atom. The summed E-state index contributed by atoms with van der Waals surface area (Å²) >= 11 is 0. The molecule has 0 amide bonds. The van der Waals surface area contributed by atoms with Crippen LogP contribution in [0.3, 0.4) is 0 Å². The van der Waals surface area contributed by atoms with Gasteiger partial charge in [0.1, 0.15) is 5.82 Å². The van der Waals surface area contributed by atoms with Crippen LogP contribution < -0.4 is 4.90 Å². The minimum Gasteiger partial charge on any atom is -0.354 e. The lowest BCUT2D eigenvalue weighted by Crippen LogP contribution is -2.49. The molecule has 2 saturated heterocycles. The summed E-state index contributed by atoms with van der Waals surface area (Å²) in [4.78, 5) is 12.1. The summed E-state index contributed by atoms with van der Waals surface area (Å²) in [6.07, 6.45) is 6.11. The predicted octanol–water partition coefficient (Wildman–Crippen LogP) is 1.69. The molecule has 0 aromatic carbocycles. The minimum atomic E-state index is 1.11. The summed E-state index contributed by atoms with van der Waals surface area (Å²) in [6.45, 7) is 9.67. The smallest absolute Gasteiger partial charge is 0.128 e. The Hall–Kier alpha value is -1.13. The van der Waals surface area contributed by atoms with E-state index in [-0.39, 0.29) is 0 Å². The van der Waals surface area contributed by atoms with Crippen molar-refractivity contribution in [3.63, 3.8) is 0 Å². The van der Waals surface area contributed by atoms with E-state index in [0.717, 1.165) is 18.9 Å². The molecule has 3 heterocycles. The van der Waals surface area contributed by atoms with Gasteiger partial charge in [0.05, 0.1) is 0 Å². The van der Waals surface area contributed by atoms with Gasteiger partial charge in [0.25, 0.3) is 0 Å². The third kappa shape index (κ3) is 3.70. The summed E-state index contributed by atoms with van der Waals surface area (Å²) in [5.74, 6) is 1.13. The zero-order valence-corrected chi connectivity index (χ0v) is 12.4. The maximum absolute atomic E-state index is 4.45. The zero-order chi connectivity index (χ0) is 13.6. The fraction of sp³-hybridized carbons (Fsp3) is 0.688. The Labute approximate surface area is 122 Å². The Morgan fingerprint density at radius 3 is 2.15 bits per heavy atom. The molecule has 2 fully saturated rings. The first-order chi connectivity index (χ1) is 9.92. The Kier molecular flexibility index (Phi) is 4.87. The fourth-order valence-electron chi connectivity index (χ4n) is 3.21. The van der Waals surface area contributed by atoms with Crippen LogP contribution >= 0.6 is 0 Å². The van der Waals surface area contributed by atoms with Crippen LogP contribution in [0.4, 0.5) is 5.82 Å². The molecule has 3 rings (SSSR count). The van der Waals surface area contributed by atoms with E-state index >= 15 is 0 Å². The largest absolute Gasteiger partial charge is 0.354 e. The van der Waals surface area contributed by atoms with Crippen molar-refractivity contribution >= 4 is 5.82 Å². The fourth-order valence-corrected chi connectivity index (χ4v) is 3.21. The predicted molar refractivity (Wildman–Crippen MR) is 83.2 cm³/mol. The van der Waals surface area contributed by atoms with Crippen LogP contribution in [0, 0.1) is 0 Å². The first-order valence-electron chi connectivity index (χ1n) is 8.02. The van der Waals surface area contributed by atoms with E-state index in [1.807, 2.05) is 12.3 Å². The van der Waals surface area contributed by atoms with Crippen LogP contribution in [0.2, 0.25) is 0 Å². The van der Waals surface area contributed by atoms with Crippen molar-refractivity contribution in [1.82, 2.24) is 14.8 Å². The van der Waals surface area contributed by atoms with Crippen LogP contribution in [-0.2, 0) is 0 Å². The molecule has 0 bridgehead atoms. The number of rotatable bonds is 4. The summed E-state index contributed by atoms with van der Waals surface area (Å²) < 4.78 is 0.